The summed E-state index contributed by atoms with van der Waals surface area (Å²) in [6.07, 6.45) is -0.527. The maximum atomic E-state index is 12.3. The zero-order valence-electron chi connectivity index (χ0n) is 12.9. The van der Waals surface area contributed by atoms with Gasteiger partial charge >= 0.3 is 5.97 Å². The van der Waals surface area contributed by atoms with E-state index in [0.717, 1.165) is 18.2 Å². The number of benzene rings is 2. The second-order valence-electron chi connectivity index (χ2n) is 5.33. The normalized spacial score (nSPS) is 16.4. The highest BCUT2D eigenvalue weighted by atomic mass is 32.2. The van der Waals surface area contributed by atoms with Crippen LogP contribution < -0.4 is 14.2 Å². The number of nitrogens with one attached hydrogen (secondary N) is 1. The summed E-state index contributed by atoms with van der Waals surface area (Å²) < 4.78 is 38.2. The summed E-state index contributed by atoms with van der Waals surface area (Å²) in [5.41, 5.74) is -0.492. The molecule has 1 heterocycles. The highest BCUT2D eigenvalue weighted by Crippen LogP contribution is 2.30. The molecule has 0 bridgehead atoms. The van der Waals surface area contributed by atoms with Crippen LogP contribution in [0.4, 0.5) is 0 Å². The molecule has 0 saturated carbocycles. The molecule has 2 aromatic carbocycles. The van der Waals surface area contributed by atoms with Gasteiger partial charge in [0.05, 0.1) is 11.4 Å². The van der Waals surface area contributed by atoms with Crippen molar-refractivity contribution in [1.29, 1.82) is 0 Å². The van der Waals surface area contributed by atoms with E-state index in [2.05, 4.69) is 4.72 Å². The van der Waals surface area contributed by atoms with Gasteiger partial charge in [0, 0.05) is 0 Å². The number of carboxylic acids is 1. The van der Waals surface area contributed by atoms with Crippen molar-refractivity contribution >= 4 is 16.0 Å². The Balaban J connectivity index is 1.71. The van der Waals surface area contributed by atoms with Gasteiger partial charge in [0.15, 0.2) is 11.5 Å². The van der Waals surface area contributed by atoms with Crippen LogP contribution in [-0.2, 0) is 10.0 Å². The number of hydrogen-bond donors (Lipinski definition) is 3. The van der Waals surface area contributed by atoms with Crippen LogP contribution in [0.15, 0.2) is 47.4 Å². The van der Waals surface area contributed by atoms with Crippen molar-refractivity contribution in [2.75, 3.05) is 13.2 Å². The van der Waals surface area contributed by atoms with Gasteiger partial charge in [-0.15, -0.1) is 0 Å². The predicted molar refractivity (Wildman–Crippen MR) is 86.6 cm³/mol. The number of carbonyl (C=O) groups is 1. The smallest absolute Gasteiger partial charge is 0.339 e. The lowest BCUT2D eigenvalue weighted by Crippen LogP contribution is -2.40. The summed E-state index contributed by atoms with van der Waals surface area (Å²) in [6.45, 7) is 0.120. The Labute approximate surface area is 143 Å². The quantitative estimate of drug-likeness (QED) is 0.728. The standard InChI is InChI=1S/C16H15NO7S/c18-13-6-5-11(7-12(13)16(19)20)25(21,22)17-8-10-9-23-14-3-1-2-4-15(14)24-10/h1-7,10,17-18H,8-9H2,(H,19,20). The van der Waals surface area contributed by atoms with Gasteiger partial charge in [-0.05, 0) is 30.3 Å². The number of phenols is 1. The summed E-state index contributed by atoms with van der Waals surface area (Å²) in [5.74, 6) is -0.816. The minimum atomic E-state index is -3.97. The summed E-state index contributed by atoms with van der Waals surface area (Å²) in [7, 11) is -3.97. The first-order valence-electron chi connectivity index (χ1n) is 7.31. The third kappa shape index (κ3) is 3.67. The Bertz CT molecular complexity index is 910. The Morgan fingerprint density at radius 2 is 1.92 bits per heavy atom. The van der Waals surface area contributed by atoms with Crippen LogP contribution in [0.3, 0.4) is 0 Å². The SMILES string of the molecule is O=C(O)c1cc(S(=O)(=O)NCC2COc3ccccc3O2)ccc1O. The van der Waals surface area contributed by atoms with Gasteiger partial charge in [-0.1, -0.05) is 12.1 Å². The zero-order valence-corrected chi connectivity index (χ0v) is 13.7. The monoisotopic (exact) mass is 365 g/mol. The highest BCUT2D eigenvalue weighted by Gasteiger charge is 2.24. The molecule has 0 amide bonds. The van der Waals surface area contributed by atoms with Crippen LogP contribution in [0.1, 0.15) is 10.4 Å². The molecule has 1 aliphatic rings. The molecular formula is C16H15NO7S. The first-order valence-corrected chi connectivity index (χ1v) is 8.79. The molecule has 3 N–H and O–H groups in total. The number of rotatable bonds is 5. The number of fused-ring (bicyclic) bond motifs is 1. The third-order valence-electron chi connectivity index (χ3n) is 3.58. The minimum absolute atomic E-state index is 0.0556. The van der Waals surface area contributed by atoms with E-state index in [0.29, 0.717) is 11.5 Å². The lowest BCUT2D eigenvalue weighted by Gasteiger charge is -2.26. The fraction of sp³-hybridized carbons (Fsp3) is 0.188. The summed E-state index contributed by atoms with van der Waals surface area (Å²) >= 11 is 0. The molecule has 0 aromatic heterocycles. The van der Waals surface area contributed by atoms with Crippen molar-refractivity contribution in [1.82, 2.24) is 4.72 Å². The predicted octanol–water partition coefficient (Wildman–Crippen LogP) is 1.21. The molecule has 9 heteroatoms. The van der Waals surface area contributed by atoms with Crippen molar-refractivity contribution in [2.45, 2.75) is 11.0 Å². The summed E-state index contributed by atoms with van der Waals surface area (Å²) in [5, 5.41) is 18.4. The number of aromatic carboxylic acids is 1. The highest BCUT2D eigenvalue weighted by molar-refractivity contribution is 7.89. The largest absolute Gasteiger partial charge is 0.507 e. The van der Waals surface area contributed by atoms with Gasteiger partial charge in [0.1, 0.15) is 24.0 Å². The van der Waals surface area contributed by atoms with E-state index in [1.807, 2.05) is 0 Å². The number of aromatic hydroxyl groups is 1. The Kier molecular flexibility index (Phi) is 4.51. The lowest BCUT2D eigenvalue weighted by atomic mass is 10.2. The molecule has 0 saturated heterocycles. The van der Waals surface area contributed by atoms with Crippen molar-refractivity contribution in [3.8, 4) is 17.2 Å². The molecule has 0 radical (unpaired) electrons. The first-order chi connectivity index (χ1) is 11.9. The fourth-order valence-electron chi connectivity index (χ4n) is 2.30. The van der Waals surface area contributed by atoms with Gasteiger partial charge < -0.3 is 19.7 Å². The van der Waals surface area contributed by atoms with E-state index in [9.17, 15) is 18.3 Å². The van der Waals surface area contributed by atoms with Crippen LogP contribution in [0.5, 0.6) is 17.2 Å². The van der Waals surface area contributed by atoms with E-state index in [1.165, 1.54) is 0 Å². The number of sulfonamides is 1. The fourth-order valence-corrected chi connectivity index (χ4v) is 3.40. The van der Waals surface area contributed by atoms with Gasteiger partial charge in [0.25, 0.3) is 0 Å². The van der Waals surface area contributed by atoms with Crippen LogP contribution >= 0.6 is 0 Å². The Morgan fingerprint density at radius 1 is 1.20 bits per heavy atom. The van der Waals surface area contributed by atoms with Crippen LogP contribution in [0.25, 0.3) is 0 Å². The summed E-state index contributed by atoms with van der Waals surface area (Å²) in [4.78, 5) is 10.7. The molecular weight excluding hydrogens is 350 g/mol. The number of carboxylic acid groups (broad SMARTS) is 1. The molecule has 1 aliphatic heterocycles. The van der Waals surface area contributed by atoms with Gasteiger partial charge in [-0.25, -0.2) is 17.9 Å². The number of ether oxygens (including phenoxy) is 2. The Morgan fingerprint density at radius 3 is 2.64 bits per heavy atom. The van der Waals surface area contributed by atoms with Crippen molar-refractivity contribution in [3.63, 3.8) is 0 Å². The van der Waals surface area contributed by atoms with Crippen molar-refractivity contribution in [3.05, 3.63) is 48.0 Å². The van der Waals surface area contributed by atoms with Crippen molar-refractivity contribution in [2.24, 2.45) is 0 Å². The maximum absolute atomic E-state index is 12.3. The lowest BCUT2D eigenvalue weighted by molar-refractivity contribution is 0.0693. The first kappa shape index (κ1) is 17.1. The van der Waals surface area contributed by atoms with E-state index in [1.54, 1.807) is 24.3 Å². The molecule has 1 atom stereocenters. The molecule has 0 spiro atoms. The van der Waals surface area contributed by atoms with Gasteiger partial charge in [-0.3, -0.25) is 0 Å². The Hall–Kier alpha value is -2.78. The molecule has 3 rings (SSSR count). The zero-order chi connectivity index (χ0) is 18.0. The topological polar surface area (TPSA) is 122 Å². The van der Waals surface area contributed by atoms with Crippen molar-refractivity contribution < 1.29 is 32.9 Å². The van der Waals surface area contributed by atoms with Crippen LogP contribution in [0.2, 0.25) is 0 Å². The second-order valence-corrected chi connectivity index (χ2v) is 7.10. The van der Waals surface area contributed by atoms with Crippen LogP contribution in [-0.4, -0.2) is 43.9 Å². The van der Waals surface area contributed by atoms with Crippen LogP contribution in [0, 0.1) is 0 Å². The molecule has 0 aliphatic carbocycles. The second kappa shape index (κ2) is 6.61. The number of hydrogen-bond acceptors (Lipinski definition) is 6. The molecule has 8 nitrogen and oxygen atoms in total. The molecule has 132 valence electrons. The van der Waals surface area contributed by atoms with E-state index >= 15 is 0 Å². The molecule has 1 unspecified atom stereocenters. The molecule has 0 fully saturated rings. The van der Waals surface area contributed by atoms with E-state index in [-0.39, 0.29) is 18.0 Å². The van der Waals surface area contributed by atoms with E-state index in [4.69, 9.17) is 14.6 Å². The minimum Gasteiger partial charge on any atom is -0.507 e. The molecule has 2 aromatic rings. The molecule has 25 heavy (non-hydrogen) atoms. The van der Waals surface area contributed by atoms with Gasteiger partial charge in [-0.2, -0.15) is 0 Å². The average Bonchev–Trinajstić information content (AvgIpc) is 2.60. The number of para-hydroxylation sites is 2. The third-order valence-corrected chi connectivity index (χ3v) is 5.00. The maximum Gasteiger partial charge on any atom is 0.339 e. The van der Waals surface area contributed by atoms with Gasteiger partial charge in [0.2, 0.25) is 10.0 Å². The summed E-state index contributed by atoms with van der Waals surface area (Å²) in [6, 6.07) is 10.1. The average molecular weight is 365 g/mol. The van der Waals surface area contributed by atoms with E-state index < -0.39 is 33.4 Å².